The second kappa shape index (κ2) is 5.93. The summed E-state index contributed by atoms with van der Waals surface area (Å²) < 4.78 is 7.12. The Balaban J connectivity index is 1.89. The van der Waals surface area contributed by atoms with Crippen LogP contribution in [-0.4, -0.2) is 22.0 Å². The van der Waals surface area contributed by atoms with E-state index in [-0.39, 0.29) is 5.75 Å². The van der Waals surface area contributed by atoms with E-state index in [1.807, 2.05) is 54.3 Å². The summed E-state index contributed by atoms with van der Waals surface area (Å²) in [6.45, 7) is 2.59. The minimum absolute atomic E-state index is 0.183. The third-order valence-electron chi connectivity index (χ3n) is 3.64. The van der Waals surface area contributed by atoms with Crippen molar-refractivity contribution in [3.05, 3.63) is 66.0 Å². The van der Waals surface area contributed by atoms with Gasteiger partial charge in [-0.05, 0) is 35.7 Å². The van der Waals surface area contributed by atoms with Crippen molar-refractivity contribution in [2.75, 3.05) is 7.11 Å². The van der Waals surface area contributed by atoms with Gasteiger partial charge in [-0.3, -0.25) is 4.68 Å². The minimum atomic E-state index is 0.183. The Kier molecular flexibility index (Phi) is 3.83. The summed E-state index contributed by atoms with van der Waals surface area (Å²) in [7, 11) is 1.55. The number of aromatic nitrogens is 2. The van der Waals surface area contributed by atoms with Crippen molar-refractivity contribution in [2.24, 2.45) is 0 Å². The second-order valence-corrected chi connectivity index (χ2v) is 5.26. The molecule has 0 aliphatic rings. The van der Waals surface area contributed by atoms with Crippen molar-refractivity contribution in [2.45, 2.75) is 13.5 Å². The fourth-order valence-electron chi connectivity index (χ4n) is 2.44. The molecule has 0 aliphatic carbocycles. The van der Waals surface area contributed by atoms with Crippen LogP contribution < -0.4 is 4.74 Å². The van der Waals surface area contributed by atoms with E-state index in [0.717, 1.165) is 23.2 Å². The molecule has 2 aromatic carbocycles. The maximum Gasteiger partial charge on any atom is 0.161 e. The highest BCUT2D eigenvalue weighted by Crippen LogP contribution is 2.34. The van der Waals surface area contributed by atoms with E-state index in [9.17, 15) is 5.11 Å². The normalized spacial score (nSPS) is 10.6. The Morgan fingerprint density at radius 1 is 1.14 bits per heavy atom. The molecule has 1 heterocycles. The molecule has 0 saturated carbocycles. The van der Waals surface area contributed by atoms with Crippen LogP contribution in [0.4, 0.5) is 0 Å². The number of methoxy groups -OCH3 is 1. The molecule has 0 spiro atoms. The average Bonchev–Trinajstić information content (AvgIpc) is 2.99. The van der Waals surface area contributed by atoms with E-state index in [4.69, 9.17) is 4.74 Å². The fourth-order valence-corrected chi connectivity index (χ4v) is 2.44. The van der Waals surface area contributed by atoms with Gasteiger partial charge < -0.3 is 9.84 Å². The lowest BCUT2D eigenvalue weighted by molar-refractivity contribution is 0.372. The zero-order valence-electron chi connectivity index (χ0n) is 12.7. The van der Waals surface area contributed by atoms with Crippen molar-refractivity contribution in [1.82, 2.24) is 9.78 Å². The summed E-state index contributed by atoms with van der Waals surface area (Å²) in [6.07, 6.45) is 3.83. The molecule has 112 valence electrons. The SMILES string of the molecule is COc1cc(-c2cnn(Cc3ccccc3)c2)cc(C)c1O. The third-order valence-corrected chi connectivity index (χ3v) is 3.64. The van der Waals surface area contributed by atoms with E-state index >= 15 is 0 Å². The maximum atomic E-state index is 9.92. The molecule has 4 nitrogen and oxygen atoms in total. The Hall–Kier alpha value is -2.75. The smallest absolute Gasteiger partial charge is 0.161 e. The number of ether oxygens (including phenoxy) is 1. The molecular weight excluding hydrogens is 276 g/mol. The van der Waals surface area contributed by atoms with Crippen molar-refractivity contribution in [3.8, 4) is 22.6 Å². The van der Waals surface area contributed by atoms with Gasteiger partial charge in [0.05, 0.1) is 19.9 Å². The average molecular weight is 294 g/mol. The highest BCUT2D eigenvalue weighted by atomic mass is 16.5. The second-order valence-electron chi connectivity index (χ2n) is 5.26. The molecule has 1 N–H and O–H groups in total. The summed E-state index contributed by atoms with van der Waals surface area (Å²) in [5, 5.41) is 14.3. The Morgan fingerprint density at radius 3 is 2.64 bits per heavy atom. The lowest BCUT2D eigenvalue weighted by Gasteiger charge is -2.08. The largest absolute Gasteiger partial charge is 0.504 e. The molecule has 1 aromatic heterocycles. The number of rotatable bonds is 4. The summed E-state index contributed by atoms with van der Waals surface area (Å²) in [6, 6.07) is 14.0. The molecule has 0 fully saturated rings. The van der Waals surface area contributed by atoms with Gasteiger partial charge in [-0.15, -0.1) is 0 Å². The molecule has 0 radical (unpaired) electrons. The van der Waals surface area contributed by atoms with Crippen LogP contribution in [0.15, 0.2) is 54.9 Å². The van der Waals surface area contributed by atoms with E-state index in [2.05, 4.69) is 17.2 Å². The van der Waals surface area contributed by atoms with E-state index < -0.39 is 0 Å². The van der Waals surface area contributed by atoms with Gasteiger partial charge in [0.15, 0.2) is 11.5 Å². The standard InChI is InChI=1S/C18H18N2O2/c1-13-8-15(9-17(22-2)18(13)21)16-10-19-20(12-16)11-14-6-4-3-5-7-14/h3-10,12,21H,11H2,1-2H3. The third kappa shape index (κ3) is 2.81. The topological polar surface area (TPSA) is 47.3 Å². The number of nitrogens with zero attached hydrogens (tertiary/aromatic N) is 2. The molecule has 4 heteroatoms. The molecule has 0 bridgehead atoms. The number of aryl methyl sites for hydroxylation is 1. The van der Waals surface area contributed by atoms with Gasteiger partial charge in [-0.2, -0.15) is 5.10 Å². The van der Waals surface area contributed by atoms with Crippen LogP contribution in [0, 0.1) is 6.92 Å². The number of benzene rings is 2. The van der Waals surface area contributed by atoms with Crippen LogP contribution in [0.25, 0.3) is 11.1 Å². The molecule has 0 atom stereocenters. The van der Waals surface area contributed by atoms with Gasteiger partial charge in [0.25, 0.3) is 0 Å². The lowest BCUT2D eigenvalue weighted by Crippen LogP contribution is -1.99. The van der Waals surface area contributed by atoms with Gasteiger partial charge in [-0.25, -0.2) is 0 Å². The van der Waals surface area contributed by atoms with Crippen LogP contribution in [-0.2, 0) is 6.54 Å². The Labute approximate surface area is 129 Å². The number of phenols is 1. The summed E-state index contributed by atoms with van der Waals surface area (Å²) in [5.74, 6) is 0.661. The quantitative estimate of drug-likeness (QED) is 0.799. The number of phenolic OH excluding ortho intramolecular Hbond substituents is 1. The van der Waals surface area contributed by atoms with Crippen LogP contribution in [0.2, 0.25) is 0 Å². The predicted octanol–water partition coefficient (Wildman–Crippen LogP) is 3.62. The van der Waals surface area contributed by atoms with E-state index in [0.29, 0.717) is 5.75 Å². The molecule has 22 heavy (non-hydrogen) atoms. The monoisotopic (exact) mass is 294 g/mol. The summed E-state index contributed by atoms with van der Waals surface area (Å²) in [5.41, 5.74) is 3.96. The zero-order valence-corrected chi connectivity index (χ0v) is 12.7. The summed E-state index contributed by atoms with van der Waals surface area (Å²) in [4.78, 5) is 0. The van der Waals surface area contributed by atoms with Crippen LogP contribution in [0.1, 0.15) is 11.1 Å². The number of aromatic hydroxyl groups is 1. The van der Waals surface area contributed by atoms with Gasteiger partial charge in [0.1, 0.15) is 0 Å². The van der Waals surface area contributed by atoms with E-state index in [1.165, 1.54) is 5.56 Å². The highest BCUT2D eigenvalue weighted by molar-refractivity contribution is 5.67. The first-order chi connectivity index (χ1) is 10.7. The maximum absolute atomic E-state index is 9.92. The molecule has 3 rings (SSSR count). The fraction of sp³-hybridized carbons (Fsp3) is 0.167. The molecule has 3 aromatic rings. The first kappa shape index (κ1) is 14.2. The van der Waals surface area contributed by atoms with Crippen molar-refractivity contribution >= 4 is 0 Å². The number of hydrogen-bond acceptors (Lipinski definition) is 3. The van der Waals surface area contributed by atoms with Crippen LogP contribution >= 0.6 is 0 Å². The van der Waals surface area contributed by atoms with Crippen LogP contribution in [0.3, 0.4) is 0 Å². The van der Waals surface area contributed by atoms with Crippen molar-refractivity contribution in [1.29, 1.82) is 0 Å². The van der Waals surface area contributed by atoms with Gasteiger partial charge >= 0.3 is 0 Å². The van der Waals surface area contributed by atoms with Gasteiger partial charge in [0.2, 0.25) is 0 Å². The van der Waals surface area contributed by atoms with E-state index in [1.54, 1.807) is 7.11 Å². The number of hydrogen-bond donors (Lipinski definition) is 1. The van der Waals surface area contributed by atoms with Crippen LogP contribution in [0.5, 0.6) is 11.5 Å². The molecular formula is C18H18N2O2. The first-order valence-corrected chi connectivity index (χ1v) is 7.11. The minimum Gasteiger partial charge on any atom is -0.504 e. The van der Waals surface area contributed by atoms with Crippen molar-refractivity contribution < 1.29 is 9.84 Å². The molecule has 0 saturated heterocycles. The predicted molar refractivity (Wildman–Crippen MR) is 86.2 cm³/mol. The lowest BCUT2D eigenvalue weighted by atomic mass is 10.1. The molecule has 0 unspecified atom stereocenters. The highest BCUT2D eigenvalue weighted by Gasteiger charge is 2.10. The van der Waals surface area contributed by atoms with Gasteiger partial charge in [-0.1, -0.05) is 30.3 Å². The Morgan fingerprint density at radius 2 is 1.91 bits per heavy atom. The zero-order chi connectivity index (χ0) is 15.5. The summed E-state index contributed by atoms with van der Waals surface area (Å²) >= 11 is 0. The van der Waals surface area contributed by atoms with Crippen molar-refractivity contribution in [3.63, 3.8) is 0 Å². The first-order valence-electron chi connectivity index (χ1n) is 7.11. The Bertz CT molecular complexity index is 779. The van der Waals surface area contributed by atoms with Gasteiger partial charge in [0, 0.05) is 11.8 Å². The molecule has 0 amide bonds. The molecule has 0 aliphatic heterocycles.